The van der Waals surface area contributed by atoms with Crippen LogP contribution in [0.15, 0.2) is 40.9 Å². The van der Waals surface area contributed by atoms with Crippen LogP contribution in [0.1, 0.15) is 47.1 Å². The van der Waals surface area contributed by atoms with E-state index in [1.807, 2.05) is 0 Å². The van der Waals surface area contributed by atoms with Gasteiger partial charge in [0.25, 0.3) is 5.89 Å². The van der Waals surface area contributed by atoms with E-state index in [1.165, 1.54) is 22.8 Å². The van der Waals surface area contributed by atoms with Gasteiger partial charge >= 0.3 is 18.5 Å². The molecule has 0 atom stereocenters. The number of nitrogens with zero attached hydrogens (tertiary/aromatic N) is 4. The Morgan fingerprint density at radius 2 is 1.53 bits per heavy atom. The zero-order valence-electron chi connectivity index (χ0n) is 19.2. The maximum absolute atomic E-state index is 13.8. The Kier molecular flexibility index (Phi) is 6.67. The number of aromatic nitrogens is 3. The predicted octanol–water partition coefficient (Wildman–Crippen LogP) is 7.62. The quantitative estimate of drug-likeness (QED) is 0.242. The van der Waals surface area contributed by atoms with Crippen LogP contribution in [0.4, 0.5) is 39.5 Å². The molecule has 5 nitrogen and oxygen atoms in total. The van der Waals surface area contributed by atoms with E-state index in [0.29, 0.717) is 30.7 Å². The van der Waals surface area contributed by atoms with Crippen LogP contribution in [0.2, 0.25) is 0 Å². The maximum atomic E-state index is 13.8. The molecule has 0 saturated heterocycles. The van der Waals surface area contributed by atoms with Crippen LogP contribution < -0.4 is 0 Å². The Bertz CT molecular complexity index is 1500. The molecule has 2 heterocycles. The molecule has 0 amide bonds. The van der Waals surface area contributed by atoms with E-state index in [0.717, 1.165) is 6.07 Å². The lowest BCUT2D eigenvalue weighted by molar-refractivity contribution is -0.143. The van der Waals surface area contributed by atoms with Gasteiger partial charge in [0.1, 0.15) is 0 Å². The first-order valence-electron chi connectivity index (χ1n) is 10.9. The highest BCUT2D eigenvalue weighted by molar-refractivity contribution is 5.87. The molecule has 4 aromatic rings. The summed E-state index contributed by atoms with van der Waals surface area (Å²) in [5, 5.41) is 12.6. The number of benzene rings is 2. The minimum atomic E-state index is -5.09. The Morgan fingerprint density at radius 3 is 2.05 bits per heavy atom. The van der Waals surface area contributed by atoms with Crippen LogP contribution in [0.5, 0.6) is 0 Å². The van der Waals surface area contributed by atoms with E-state index in [-0.39, 0.29) is 29.3 Å². The third-order valence-electron chi connectivity index (χ3n) is 5.68. The molecule has 0 aliphatic heterocycles. The number of hydrogen-bond acceptors (Lipinski definition) is 4. The Morgan fingerprint density at radius 1 is 0.895 bits per heavy atom. The first-order chi connectivity index (χ1) is 17.6. The van der Waals surface area contributed by atoms with E-state index in [2.05, 4.69) is 10.1 Å². The number of aryl methyl sites for hydroxylation is 1. The predicted molar refractivity (Wildman–Crippen MR) is 114 cm³/mol. The van der Waals surface area contributed by atoms with Crippen LogP contribution in [0.3, 0.4) is 0 Å². The number of fused-ring (bicyclic) bond motifs is 1. The van der Waals surface area contributed by atoms with Gasteiger partial charge < -0.3 is 9.09 Å². The molecule has 0 aliphatic rings. The highest BCUT2D eigenvalue weighted by Crippen LogP contribution is 2.40. The molecule has 14 heteroatoms. The lowest BCUT2D eigenvalue weighted by Gasteiger charge is -2.12. The van der Waals surface area contributed by atoms with Crippen molar-refractivity contribution in [1.82, 2.24) is 14.7 Å². The number of halogens is 9. The maximum Gasteiger partial charge on any atom is 0.418 e. The Hall–Kier alpha value is -4.02. The topological polar surface area (TPSA) is 67.6 Å². The van der Waals surface area contributed by atoms with Crippen LogP contribution in [0, 0.1) is 11.3 Å². The van der Waals surface area contributed by atoms with Crippen molar-refractivity contribution in [3.63, 3.8) is 0 Å². The third kappa shape index (κ3) is 5.18. The normalized spacial score (nSPS) is 12.8. The van der Waals surface area contributed by atoms with Gasteiger partial charge in [0, 0.05) is 22.2 Å². The van der Waals surface area contributed by atoms with Gasteiger partial charge in [-0.2, -0.15) is 49.8 Å². The molecule has 4 rings (SSSR count). The Labute approximate surface area is 208 Å². The fourth-order valence-electron chi connectivity index (χ4n) is 4.09. The SMILES string of the molecule is CCCc1cc2c(C(F)(F)F)c(C#N)ccc2n1Cc1noc(-c2cc(C(F)(F)F)cc(C(F)(F)F)c2)n1. The second kappa shape index (κ2) is 9.38. The van der Waals surface area contributed by atoms with Gasteiger partial charge in [-0.15, -0.1) is 0 Å². The zero-order chi connectivity index (χ0) is 28.0. The minimum absolute atomic E-state index is 0.0442. The third-order valence-corrected chi connectivity index (χ3v) is 5.68. The molecule has 200 valence electrons. The van der Waals surface area contributed by atoms with Gasteiger partial charge in [0.15, 0.2) is 5.82 Å². The summed E-state index contributed by atoms with van der Waals surface area (Å²) in [6.45, 7) is 1.49. The number of rotatable bonds is 5. The summed E-state index contributed by atoms with van der Waals surface area (Å²) >= 11 is 0. The molecule has 0 saturated carbocycles. The summed E-state index contributed by atoms with van der Waals surface area (Å²) in [4.78, 5) is 3.91. The first kappa shape index (κ1) is 27.0. The Balaban J connectivity index is 1.81. The summed E-state index contributed by atoms with van der Waals surface area (Å²) in [7, 11) is 0. The van der Waals surface area contributed by atoms with Crippen molar-refractivity contribution >= 4 is 10.9 Å². The fourth-order valence-corrected chi connectivity index (χ4v) is 4.09. The number of nitriles is 1. The smallest absolute Gasteiger partial charge is 0.337 e. The van der Waals surface area contributed by atoms with E-state index < -0.39 is 52.2 Å². The van der Waals surface area contributed by atoms with Gasteiger partial charge in [-0.05, 0) is 42.8 Å². The summed E-state index contributed by atoms with van der Waals surface area (Å²) < 4.78 is 127. The van der Waals surface area contributed by atoms with E-state index in [1.54, 1.807) is 6.92 Å². The number of hydrogen-bond donors (Lipinski definition) is 0. The summed E-state index contributed by atoms with van der Waals surface area (Å²) in [5.41, 5.74) is -4.95. The molecule has 2 aromatic heterocycles. The number of alkyl halides is 9. The molecule has 0 fully saturated rings. The van der Waals surface area contributed by atoms with Crippen molar-refractivity contribution in [3.05, 3.63) is 70.2 Å². The van der Waals surface area contributed by atoms with Crippen molar-refractivity contribution in [2.24, 2.45) is 0 Å². The molecule has 38 heavy (non-hydrogen) atoms. The van der Waals surface area contributed by atoms with Gasteiger partial charge in [-0.1, -0.05) is 18.5 Å². The van der Waals surface area contributed by atoms with Gasteiger partial charge in [-0.25, -0.2) is 0 Å². The molecule has 0 unspecified atom stereocenters. The van der Waals surface area contributed by atoms with E-state index in [4.69, 9.17) is 4.52 Å². The van der Waals surface area contributed by atoms with Gasteiger partial charge in [0.05, 0.1) is 34.9 Å². The summed E-state index contributed by atoms with van der Waals surface area (Å²) in [6, 6.07) is 5.95. The average Bonchev–Trinajstić information content (AvgIpc) is 3.41. The standard InChI is InChI=1S/C24H15F9N4O/c1-2-3-16-9-17-18(5-4-12(10-34)20(17)24(31,32)33)37(16)11-19-35-21(38-36-19)13-6-14(22(25,26)27)8-15(7-13)23(28,29)30/h4-9H,2-3,11H2,1H3. The molecule has 2 aromatic carbocycles. The molecule has 0 N–H and O–H groups in total. The van der Waals surface area contributed by atoms with E-state index >= 15 is 0 Å². The molecular weight excluding hydrogens is 531 g/mol. The zero-order valence-corrected chi connectivity index (χ0v) is 19.2. The molecule has 0 radical (unpaired) electrons. The van der Waals surface area contributed by atoms with Gasteiger partial charge in [-0.3, -0.25) is 0 Å². The van der Waals surface area contributed by atoms with E-state index in [9.17, 15) is 44.8 Å². The fraction of sp³-hybridized carbons (Fsp3) is 0.292. The molecular formula is C24H15F9N4O. The largest absolute Gasteiger partial charge is 0.418 e. The lowest BCUT2D eigenvalue weighted by atomic mass is 10.0. The summed E-state index contributed by atoms with van der Waals surface area (Å²) in [6.07, 6.45) is -14.2. The molecule has 0 spiro atoms. The second-order valence-electron chi connectivity index (χ2n) is 8.31. The van der Waals surface area contributed by atoms with Crippen molar-refractivity contribution in [2.75, 3.05) is 0 Å². The van der Waals surface area contributed by atoms with Crippen LogP contribution in [-0.4, -0.2) is 14.7 Å². The van der Waals surface area contributed by atoms with Crippen molar-refractivity contribution < 1.29 is 44.0 Å². The first-order valence-corrected chi connectivity index (χ1v) is 10.9. The van der Waals surface area contributed by atoms with Gasteiger partial charge in [0.2, 0.25) is 0 Å². The second-order valence-corrected chi connectivity index (χ2v) is 8.31. The molecule has 0 bridgehead atoms. The minimum Gasteiger partial charge on any atom is -0.337 e. The highest BCUT2D eigenvalue weighted by atomic mass is 19.4. The summed E-state index contributed by atoms with van der Waals surface area (Å²) in [5.74, 6) is -0.827. The van der Waals surface area contributed by atoms with Crippen molar-refractivity contribution in [2.45, 2.75) is 44.8 Å². The molecule has 0 aliphatic carbocycles. The van der Waals surface area contributed by atoms with Crippen LogP contribution >= 0.6 is 0 Å². The monoisotopic (exact) mass is 546 g/mol. The van der Waals surface area contributed by atoms with Crippen LogP contribution in [0.25, 0.3) is 22.4 Å². The van der Waals surface area contributed by atoms with Crippen molar-refractivity contribution in [1.29, 1.82) is 5.26 Å². The lowest BCUT2D eigenvalue weighted by Crippen LogP contribution is -2.11. The average molecular weight is 546 g/mol. The highest BCUT2D eigenvalue weighted by Gasteiger charge is 2.38. The van der Waals surface area contributed by atoms with Crippen molar-refractivity contribution in [3.8, 4) is 17.5 Å². The van der Waals surface area contributed by atoms with Crippen LogP contribution in [-0.2, 0) is 31.5 Å².